The van der Waals surface area contributed by atoms with Gasteiger partial charge in [0.05, 0.1) is 32.2 Å². The number of rotatable bonds is 5. The molecular formula is C23H29N5O2. The summed E-state index contributed by atoms with van der Waals surface area (Å²) in [5.41, 5.74) is 3.43. The average molecular weight is 408 g/mol. The second-order valence-electron chi connectivity index (χ2n) is 8.18. The first-order valence-electron chi connectivity index (χ1n) is 10.8. The molecule has 3 aromatic rings. The first-order valence-corrected chi connectivity index (χ1v) is 10.8. The van der Waals surface area contributed by atoms with E-state index >= 15 is 0 Å². The van der Waals surface area contributed by atoms with E-state index in [9.17, 15) is 0 Å². The quantitative estimate of drug-likeness (QED) is 0.648. The predicted molar refractivity (Wildman–Crippen MR) is 116 cm³/mol. The minimum atomic E-state index is 0.378. The Morgan fingerprint density at radius 3 is 2.70 bits per heavy atom. The van der Waals surface area contributed by atoms with Gasteiger partial charge in [0.15, 0.2) is 11.5 Å². The molecule has 0 amide bonds. The largest absolute Gasteiger partial charge is 0.497 e. The summed E-state index contributed by atoms with van der Waals surface area (Å²) in [6.07, 6.45) is 4.43. The number of morpholine rings is 1. The molecule has 0 unspecified atom stereocenters. The third kappa shape index (κ3) is 4.13. The number of likely N-dealkylation sites (tertiary alicyclic amines) is 1. The molecular weight excluding hydrogens is 378 g/mol. The number of piperidine rings is 1. The summed E-state index contributed by atoms with van der Waals surface area (Å²) in [6, 6.07) is 12.6. The van der Waals surface area contributed by atoms with Crippen molar-refractivity contribution in [1.82, 2.24) is 19.5 Å². The summed E-state index contributed by atoms with van der Waals surface area (Å²) in [5, 5.41) is 4.86. The molecule has 0 spiro atoms. The highest BCUT2D eigenvalue weighted by atomic mass is 16.5. The van der Waals surface area contributed by atoms with Gasteiger partial charge in [-0.25, -0.2) is 9.50 Å². The van der Waals surface area contributed by atoms with Gasteiger partial charge >= 0.3 is 0 Å². The van der Waals surface area contributed by atoms with Gasteiger partial charge in [-0.1, -0.05) is 12.1 Å². The van der Waals surface area contributed by atoms with E-state index in [-0.39, 0.29) is 0 Å². The number of nitrogens with zero attached hydrogens (tertiary/aromatic N) is 5. The van der Waals surface area contributed by atoms with Gasteiger partial charge in [-0.05, 0) is 49.2 Å². The first-order chi connectivity index (χ1) is 14.8. The fourth-order valence-electron chi connectivity index (χ4n) is 4.47. The Labute approximate surface area is 177 Å². The summed E-state index contributed by atoms with van der Waals surface area (Å²) in [6.45, 7) is 6.50. The maximum atomic E-state index is 5.47. The molecule has 158 valence electrons. The van der Waals surface area contributed by atoms with Crippen LogP contribution in [0.1, 0.15) is 30.1 Å². The van der Waals surface area contributed by atoms with Gasteiger partial charge in [-0.3, -0.25) is 4.90 Å². The topological polar surface area (TPSA) is 55.1 Å². The van der Waals surface area contributed by atoms with E-state index in [1.165, 1.54) is 17.7 Å². The third-order valence-electron chi connectivity index (χ3n) is 6.14. The van der Waals surface area contributed by atoms with Crippen molar-refractivity contribution >= 4 is 11.3 Å². The summed E-state index contributed by atoms with van der Waals surface area (Å²) in [5.74, 6) is 2.25. The molecule has 2 fully saturated rings. The minimum Gasteiger partial charge on any atom is -0.497 e. The highest BCUT2D eigenvalue weighted by molar-refractivity contribution is 5.51. The molecule has 0 bridgehead atoms. The molecule has 0 N–H and O–H groups in total. The molecule has 7 heteroatoms. The van der Waals surface area contributed by atoms with E-state index < -0.39 is 0 Å². The van der Waals surface area contributed by atoms with Crippen LogP contribution in [0.4, 0.5) is 5.69 Å². The van der Waals surface area contributed by atoms with Crippen LogP contribution in [0.5, 0.6) is 5.75 Å². The van der Waals surface area contributed by atoms with Crippen LogP contribution in [0.2, 0.25) is 0 Å². The Morgan fingerprint density at radius 2 is 1.90 bits per heavy atom. The summed E-state index contributed by atoms with van der Waals surface area (Å²) in [4.78, 5) is 9.72. The van der Waals surface area contributed by atoms with Crippen molar-refractivity contribution in [3.8, 4) is 5.75 Å². The molecule has 0 saturated carbocycles. The normalized spacial score (nSPS) is 20.6. The molecule has 1 aromatic carbocycles. The fourth-order valence-corrected chi connectivity index (χ4v) is 4.47. The van der Waals surface area contributed by atoms with E-state index in [0.29, 0.717) is 5.92 Å². The zero-order valence-electron chi connectivity index (χ0n) is 17.5. The minimum absolute atomic E-state index is 0.378. The lowest BCUT2D eigenvalue weighted by Crippen LogP contribution is -2.36. The molecule has 0 radical (unpaired) electrons. The Kier molecular flexibility index (Phi) is 5.55. The van der Waals surface area contributed by atoms with Gasteiger partial charge in [-0.15, -0.1) is 0 Å². The van der Waals surface area contributed by atoms with E-state index in [2.05, 4.69) is 40.3 Å². The molecule has 7 nitrogen and oxygen atoms in total. The third-order valence-corrected chi connectivity index (χ3v) is 6.14. The van der Waals surface area contributed by atoms with Crippen molar-refractivity contribution in [2.75, 3.05) is 51.4 Å². The van der Waals surface area contributed by atoms with Gasteiger partial charge in [0, 0.05) is 32.1 Å². The van der Waals surface area contributed by atoms with Crippen molar-refractivity contribution < 1.29 is 9.47 Å². The molecule has 1 atom stereocenters. The van der Waals surface area contributed by atoms with E-state index in [0.717, 1.165) is 69.6 Å². The van der Waals surface area contributed by atoms with Crippen molar-refractivity contribution in [3.63, 3.8) is 0 Å². The van der Waals surface area contributed by atoms with Crippen LogP contribution >= 0.6 is 0 Å². The standard InChI is InChI=1S/C23H29N5O2/c1-29-21-7-4-18(5-8-21)15-26-10-2-3-19(16-26)23-24-22-9-6-20(17-28(22)25-23)27-11-13-30-14-12-27/h4-9,17,19H,2-3,10-16H2,1H3/t19-/m1/s1. The van der Waals surface area contributed by atoms with Crippen molar-refractivity contribution in [3.05, 3.63) is 54.0 Å². The molecule has 30 heavy (non-hydrogen) atoms. The van der Waals surface area contributed by atoms with Crippen LogP contribution in [-0.4, -0.2) is 66.0 Å². The lowest BCUT2D eigenvalue weighted by Gasteiger charge is -2.31. The maximum absolute atomic E-state index is 5.47. The molecule has 2 aliphatic heterocycles. The summed E-state index contributed by atoms with van der Waals surface area (Å²) in [7, 11) is 1.70. The number of hydrogen-bond donors (Lipinski definition) is 0. The van der Waals surface area contributed by atoms with E-state index in [4.69, 9.17) is 19.6 Å². The maximum Gasteiger partial charge on any atom is 0.156 e. The monoisotopic (exact) mass is 407 g/mol. The number of benzene rings is 1. The van der Waals surface area contributed by atoms with Crippen LogP contribution in [0, 0.1) is 0 Å². The smallest absolute Gasteiger partial charge is 0.156 e. The van der Waals surface area contributed by atoms with E-state index in [1.807, 2.05) is 16.6 Å². The van der Waals surface area contributed by atoms with Crippen LogP contribution in [0.3, 0.4) is 0 Å². The second-order valence-corrected chi connectivity index (χ2v) is 8.18. The Balaban J connectivity index is 1.29. The average Bonchev–Trinajstić information content (AvgIpc) is 3.24. The highest BCUT2D eigenvalue weighted by Gasteiger charge is 2.25. The molecule has 2 aromatic heterocycles. The summed E-state index contributed by atoms with van der Waals surface area (Å²) >= 11 is 0. The molecule has 5 rings (SSSR count). The van der Waals surface area contributed by atoms with Gasteiger partial charge in [-0.2, -0.15) is 5.10 Å². The lowest BCUT2D eigenvalue weighted by molar-refractivity contribution is 0.122. The van der Waals surface area contributed by atoms with Crippen LogP contribution in [0.25, 0.3) is 5.65 Å². The zero-order valence-corrected chi connectivity index (χ0v) is 17.5. The SMILES string of the molecule is COc1ccc(CN2CCC[C@@H](c3nc4ccc(N5CCOCC5)cn4n3)C2)cc1. The number of fused-ring (bicyclic) bond motifs is 1. The zero-order chi connectivity index (χ0) is 20.3. The number of ether oxygens (including phenoxy) is 2. The molecule has 2 aliphatic rings. The van der Waals surface area contributed by atoms with Crippen molar-refractivity contribution in [2.45, 2.75) is 25.3 Å². The Hall–Kier alpha value is -2.64. The Bertz CT molecular complexity index is 981. The highest BCUT2D eigenvalue weighted by Crippen LogP contribution is 2.27. The molecule has 0 aliphatic carbocycles. The van der Waals surface area contributed by atoms with Crippen molar-refractivity contribution in [1.29, 1.82) is 0 Å². The number of hydrogen-bond acceptors (Lipinski definition) is 6. The lowest BCUT2D eigenvalue weighted by atomic mass is 9.97. The number of aromatic nitrogens is 3. The second kappa shape index (κ2) is 8.62. The van der Waals surface area contributed by atoms with Gasteiger partial charge in [0.25, 0.3) is 0 Å². The van der Waals surface area contributed by atoms with Crippen LogP contribution < -0.4 is 9.64 Å². The number of pyridine rings is 1. The fraction of sp³-hybridized carbons (Fsp3) is 0.478. The van der Waals surface area contributed by atoms with E-state index in [1.54, 1.807) is 7.11 Å². The molecule has 4 heterocycles. The predicted octanol–water partition coefficient (Wildman–Crippen LogP) is 2.95. The van der Waals surface area contributed by atoms with Crippen molar-refractivity contribution in [2.24, 2.45) is 0 Å². The molecule has 2 saturated heterocycles. The summed E-state index contributed by atoms with van der Waals surface area (Å²) < 4.78 is 12.7. The van der Waals surface area contributed by atoms with Gasteiger partial charge < -0.3 is 14.4 Å². The van der Waals surface area contributed by atoms with Gasteiger partial charge in [0.1, 0.15) is 5.75 Å². The number of anilines is 1. The first kappa shape index (κ1) is 19.3. The number of methoxy groups -OCH3 is 1. The van der Waals surface area contributed by atoms with Gasteiger partial charge in [0.2, 0.25) is 0 Å². The Morgan fingerprint density at radius 1 is 1.07 bits per heavy atom. The van der Waals surface area contributed by atoms with Crippen LogP contribution in [-0.2, 0) is 11.3 Å². The van der Waals surface area contributed by atoms with Crippen LogP contribution in [0.15, 0.2) is 42.6 Å².